The highest BCUT2D eigenvalue weighted by Crippen LogP contribution is 2.54. The number of amides is 4. The number of pyridine rings is 1. The molecule has 0 spiro atoms. The maximum absolute atomic E-state index is 15.3. The summed E-state index contributed by atoms with van der Waals surface area (Å²) in [6, 6.07) is 4.81. The van der Waals surface area contributed by atoms with E-state index >= 15 is 4.39 Å². The lowest BCUT2D eigenvalue weighted by Gasteiger charge is -2.17. The van der Waals surface area contributed by atoms with Gasteiger partial charge in [0.15, 0.2) is 17.1 Å². The van der Waals surface area contributed by atoms with Crippen LogP contribution in [0.3, 0.4) is 0 Å². The Balaban J connectivity index is 1.06. The van der Waals surface area contributed by atoms with Crippen molar-refractivity contribution in [2.24, 2.45) is 5.92 Å². The summed E-state index contributed by atoms with van der Waals surface area (Å²) in [4.78, 5) is 61.5. The number of alkyl halides is 1. The fourth-order valence-corrected chi connectivity index (χ4v) is 5.21. The van der Waals surface area contributed by atoms with E-state index in [9.17, 15) is 14.4 Å². The van der Waals surface area contributed by atoms with Crippen LogP contribution in [0.1, 0.15) is 48.0 Å². The number of aromatic nitrogens is 6. The Morgan fingerprint density at radius 2 is 1.93 bits per heavy atom. The number of imide groups is 1. The number of anilines is 3. The van der Waals surface area contributed by atoms with Gasteiger partial charge < -0.3 is 15.0 Å². The van der Waals surface area contributed by atoms with Crippen molar-refractivity contribution in [1.29, 1.82) is 0 Å². The molecule has 0 bridgehead atoms. The van der Waals surface area contributed by atoms with Gasteiger partial charge in [-0.2, -0.15) is 0 Å². The number of carbonyl (C=O) groups is 3. The van der Waals surface area contributed by atoms with E-state index in [1.165, 1.54) is 24.5 Å². The second-order valence-corrected chi connectivity index (χ2v) is 11.0. The number of aryl methyl sites for hydroxylation is 1. The van der Waals surface area contributed by atoms with Crippen molar-refractivity contribution in [3.63, 3.8) is 0 Å². The van der Waals surface area contributed by atoms with Gasteiger partial charge in [0.25, 0.3) is 0 Å². The van der Waals surface area contributed by atoms with Crippen LogP contribution in [0, 0.1) is 12.8 Å². The molecule has 0 radical (unpaired) electrons. The lowest BCUT2D eigenvalue weighted by Crippen LogP contribution is -2.30. The molecule has 0 unspecified atom stereocenters. The van der Waals surface area contributed by atoms with Gasteiger partial charge in [0, 0.05) is 43.8 Å². The van der Waals surface area contributed by atoms with E-state index in [0.29, 0.717) is 34.5 Å². The number of rotatable bonds is 8. The third-order valence-corrected chi connectivity index (χ3v) is 7.87. The lowest BCUT2D eigenvalue weighted by molar-refractivity contribution is -0.124. The summed E-state index contributed by atoms with van der Waals surface area (Å²) in [5, 5.41) is 5.84. The van der Waals surface area contributed by atoms with Crippen molar-refractivity contribution >= 4 is 40.8 Å². The summed E-state index contributed by atoms with van der Waals surface area (Å²) in [7, 11) is 1.48. The van der Waals surface area contributed by atoms with Crippen molar-refractivity contribution in [2.45, 2.75) is 44.3 Å². The highest BCUT2D eigenvalue weighted by atomic mass is 19.1. The summed E-state index contributed by atoms with van der Waals surface area (Å²) in [6.07, 6.45) is 8.84. The third kappa shape index (κ3) is 4.58. The van der Waals surface area contributed by atoms with Crippen molar-refractivity contribution in [3.8, 4) is 0 Å². The van der Waals surface area contributed by atoms with Gasteiger partial charge in [-0.1, -0.05) is 0 Å². The maximum Gasteiger partial charge on any atom is 0.331 e. The van der Waals surface area contributed by atoms with Crippen LogP contribution in [0.4, 0.5) is 26.5 Å². The van der Waals surface area contributed by atoms with Gasteiger partial charge in [0.05, 0.1) is 23.8 Å². The average molecular weight is 571 g/mol. The molecule has 214 valence electrons. The zero-order chi connectivity index (χ0) is 29.2. The Morgan fingerprint density at radius 1 is 1.12 bits per heavy atom. The van der Waals surface area contributed by atoms with E-state index in [1.54, 1.807) is 19.1 Å². The molecule has 1 aliphatic heterocycles. The maximum atomic E-state index is 15.3. The molecular formula is C28H27FN10O3. The van der Waals surface area contributed by atoms with Crippen LogP contribution in [0.5, 0.6) is 0 Å². The molecule has 2 atom stereocenters. The average Bonchev–Trinajstić information content (AvgIpc) is 3.88. The monoisotopic (exact) mass is 570 g/mol. The largest absolute Gasteiger partial charge is 0.364 e. The topological polar surface area (TPSA) is 151 Å². The molecule has 3 aliphatic rings. The van der Waals surface area contributed by atoms with Gasteiger partial charge in [-0.05, 0) is 43.4 Å². The van der Waals surface area contributed by atoms with E-state index < -0.39 is 17.5 Å². The van der Waals surface area contributed by atoms with Gasteiger partial charge in [0.1, 0.15) is 24.5 Å². The second kappa shape index (κ2) is 9.53. The molecule has 7 rings (SSSR count). The zero-order valence-corrected chi connectivity index (χ0v) is 22.9. The zero-order valence-electron chi connectivity index (χ0n) is 22.9. The van der Waals surface area contributed by atoms with Crippen molar-refractivity contribution < 1.29 is 18.8 Å². The fraction of sp³-hybridized carbons (Fsp3) is 0.357. The molecular weight excluding hydrogens is 543 g/mol. The number of hydrogen-bond acceptors (Lipinski definition) is 9. The van der Waals surface area contributed by atoms with Crippen LogP contribution >= 0.6 is 0 Å². The molecule has 5 heterocycles. The Hall–Kier alpha value is -5.01. The minimum atomic E-state index is -1.89. The molecule has 1 saturated heterocycles. The molecule has 2 N–H and O–H groups in total. The van der Waals surface area contributed by atoms with Crippen LogP contribution < -0.4 is 15.5 Å². The van der Waals surface area contributed by atoms with Gasteiger partial charge >= 0.3 is 6.03 Å². The lowest BCUT2D eigenvalue weighted by atomic mass is 10.1. The smallest absolute Gasteiger partial charge is 0.331 e. The SMILES string of the molecule is Cc1ccnc([C@@]2(F)C[C@@H]2C(=O)Nc2cc(NCc3cn4cc(C5CC5)cc(N5CC(=O)N(C)C5=O)c4n3)ncn2)n1. The van der Waals surface area contributed by atoms with E-state index in [0.717, 1.165) is 23.3 Å². The molecule has 42 heavy (non-hydrogen) atoms. The standard InChI is InChI=1S/C28H27FN10O3/c1-15-5-6-30-26(34-15)28(29)9-19(28)25(41)36-22-8-21(32-14-33-22)31-10-18-12-38-11-17(16-3-4-16)7-20(24(38)35-18)39-13-23(40)37(2)27(39)42/h5-8,11-12,14,16,19H,3-4,9-10,13H2,1-2H3,(H2,31,32,33,36,41)/t19-,28-/m1/s1. The molecule has 2 saturated carbocycles. The first-order chi connectivity index (χ1) is 20.2. The highest BCUT2D eigenvalue weighted by molar-refractivity contribution is 6.13. The number of carbonyl (C=O) groups excluding carboxylic acids is 3. The number of hydrogen-bond donors (Lipinski definition) is 2. The molecule has 14 heteroatoms. The normalized spacial score (nSPS) is 21.7. The van der Waals surface area contributed by atoms with E-state index in [-0.39, 0.29) is 43.1 Å². The number of nitrogens with one attached hydrogen (secondary N) is 2. The predicted octanol–water partition coefficient (Wildman–Crippen LogP) is 2.93. The minimum Gasteiger partial charge on any atom is -0.364 e. The van der Waals surface area contributed by atoms with Crippen molar-refractivity contribution in [3.05, 3.63) is 65.9 Å². The fourth-order valence-electron chi connectivity index (χ4n) is 5.21. The third-order valence-electron chi connectivity index (χ3n) is 7.87. The number of imidazole rings is 1. The first-order valence-corrected chi connectivity index (χ1v) is 13.6. The minimum absolute atomic E-state index is 0.00425. The number of fused-ring (bicyclic) bond motifs is 1. The predicted molar refractivity (Wildman–Crippen MR) is 148 cm³/mol. The first kappa shape index (κ1) is 25.9. The number of nitrogens with zero attached hydrogens (tertiary/aromatic N) is 8. The summed E-state index contributed by atoms with van der Waals surface area (Å²) < 4.78 is 17.2. The molecule has 4 aromatic rings. The molecule has 2 aliphatic carbocycles. The number of halogens is 1. The van der Waals surface area contributed by atoms with Crippen LogP contribution in [-0.2, 0) is 21.8 Å². The van der Waals surface area contributed by atoms with Gasteiger partial charge in [-0.15, -0.1) is 0 Å². The Labute approximate surface area is 239 Å². The van der Waals surface area contributed by atoms with Crippen molar-refractivity contribution in [1.82, 2.24) is 34.2 Å². The van der Waals surface area contributed by atoms with Crippen LogP contribution in [0.2, 0.25) is 0 Å². The summed E-state index contributed by atoms with van der Waals surface area (Å²) in [5.74, 6) is -0.576. The Morgan fingerprint density at radius 3 is 2.67 bits per heavy atom. The van der Waals surface area contributed by atoms with E-state index in [2.05, 4.69) is 30.6 Å². The van der Waals surface area contributed by atoms with Crippen LogP contribution in [0.15, 0.2) is 43.1 Å². The summed E-state index contributed by atoms with van der Waals surface area (Å²) in [5.41, 5.74) is 1.68. The van der Waals surface area contributed by atoms with Gasteiger partial charge in [-0.25, -0.2) is 34.1 Å². The molecule has 4 amide bonds. The number of likely N-dealkylation sites (N-methyl/N-ethyl adjacent to an activating group) is 1. The van der Waals surface area contributed by atoms with Crippen LogP contribution in [-0.4, -0.2) is 65.7 Å². The van der Waals surface area contributed by atoms with Crippen LogP contribution in [0.25, 0.3) is 5.65 Å². The van der Waals surface area contributed by atoms with E-state index in [1.807, 2.05) is 22.9 Å². The molecule has 3 fully saturated rings. The Kier molecular flexibility index (Phi) is 5.88. The first-order valence-electron chi connectivity index (χ1n) is 13.6. The number of urea groups is 1. The molecule has 4 aromatic heterocycles. The highest BCUT2D eigenvalue weighted by Gasteiger charge is 2.63. The second-order valence-electron chi connectivity index (χ2n) is 11.0. The Bertz CT molecular complexity index is 1770. The molecule has 0 aromatic carbocycles. The van der Waals surface area contributed by atoms with Crippen molar-refractivity contribution in [2.75, 3.05) is 29.1 Å². The van der Waals surface area contributed by atoms with Gasteiger partial charge in [-0.3, -0.25) is 19.4 Å². The summed E-state index contributed by atoms with van der Waals surface area (Å²) in [6.45, 7) is 2.00. The molecule has 13 nitrogen and oxygen atoms in total. The van der Waals surface area contributed by atoms with Gasteiger partial charge in [0.2, 0.25) is 11.8 Å². The van der Waals surface area contributed by atoms with E-state index in [4.69, 9.17) is 4.98 Å². The quantitative estimate of drug-likeness (QED) is 0.305. The summed E-state index contributed by atoms with van der Waals surface area (Å²) >= 11 is 0.